The van der Waals surface area contributed by atoms with Crippen LogP contribution in [0.1, 0.15) is 6.92 Å². The highest BCUT2D eigenvalue weighted by Crippen LogP contribution is 2.30. The minimum atomic E-state index is -0.622. The third-order valence-corrected chi connectivity index (χ3v) is 6.13. The largest absolute Gasteiger partial charge is 0.489 e. The molecule has 1 unspecified atom stereocenters. The molecule has 0 saturated carbocycles. The minimum absolute atomic E-state index is 0.156. The van der Waals surface area contributed by atoms with Gasteiger partial charge in [-0.25, -0.2) is 0 Å². The highest BCUT2D eigenvalue weighted by Gasteiger charge is 2.11. The summed E-state index contributed by atoms with van der Waals surface area (Å²) in [5.74, 6) is 1.96. The zero-order valence-corrected chi connectivity index (χ0v) is 15.6. The van der Waals surface area contributed by atoms with E-state index >= 15 is 0 Å². The molecular formula is C13H14Cl2N2O2S3. The molecule has 0 fully saturated rings. The van der Waals surface area contributed by atoms with E-state index in [9.17, 15) is 5.11 Å². The highest BCUT2D eigenvalue weighted by molar-refractivity contribution is 8.03. The van der Waals surface area contributed by atoms with Gasteiger partial charge in [0.15, 0.2) is 8.68 Å². The van der Waals surface area contributed by atoms with Crippen LogP contribution in [0.5, 0.6) is 5.75 Å². The summed E-state index contributed by atoms with van der Waals surface area (Å²) in [7, 11) is 0. The van der Waals surface area contributed by atoms with Crippen molar-refractivity contribution in [3.63, 3.8) is 0 Å². The zero-order chi connectivity index (χ0) is 15.9. The molecule has 1 N–H and O–H groups in total. The predicted octanol–water partition coefficient (Wildman–Crippen LogP) is 4.49. The fourth-order valence-electron chi connectivity index (χ4n) is 1.43. The molecular weight excluding hydrogens is 383 g/mol. The molecule has 1 heterocycles. The molecule has 0 amide bonds. The van der Waals surface area contributed by atoms with E-state index < -0.39 is 6.10 Å². The first-order valence-electron chi connectivity index (χ1n) is 6.43. The third-order valence-electron chi connectivity index (χ3n) is 2.38. The van der Waals surface area contributed by atoms with Crippen molar-refractivity contribution < 1.29 is 9.84 Å². The molecule has 4 nitrogen and oxygen atoms in total. The van der Waals surface area contributed by atoms with Crippen LogP contribution in [0.15, 0.2) is 26.9 Å². The summed E-state index contributed by atoms with van der Waals surface area (Å²) in [6.07, 6.45) is -0.622. The monoisotopic (exact) mass is 396 g/mol. The number of hydrogen-bond donors (Lipinski definition) is 1. The zero-order valence-electron chi connectivity index (χ0n) is 11.7. The molecule has 2 aromatic rings. The topological polar surface area (TPSA) is 55.2 Å². The second kappa shape index (κ2) is 9.20. The van der Waals surface area contributed by atoms with Gasteiger partial charge in [-0.2, -0.15) is 0 Å². The van der Waals surface area contributed by atoms with Gasteiger partial charge in [-0.15, -0.1) is 10.2 Å². The van der Waals surface area contributed by atoms with Crippen LogP contribution in [-0.2, 0) is 0 Å². The SMILES string of the molecule is CCSc1nnc(SCC(O)COc2ccc(Cl)cc2Cl)s1. The lowest BCUT2D eigenvalue weighted by molar-refractivity contribution is 0.126. The fourth-order valence-corrected chi connectivity index (χ4v) is 4.74. The molecule has 0 spiro atoms. The maximum atomic E-state index is 9.96. The smallest absolute Gasteiger partial charge is 0.175 e. The number of nitrogens with zero attached hydrogens (tertiary/aromatic N) is 2. The molecule has 1 atom stereocenters. The molecule has 0 aliphatic carbocycles. The Hall–Kier alpha value is -0.180. The van der Waals surface area contributed by atoms with Gasteiger partial charge in [-0.3, -0.25) is 0 Å². The predicted molar refractivity (Wildman–Crippen MR) is 95.0 cm³/mol. The highest BCUT2D eigenvalue weighted by atomic mass is 35.5. The summed E-state index contributed by atoms with van der Waals surface area (Å²) >= 11 is 16.5. The summed E-state index contributed by atoms with van der Waals surface area (Å²) in [6.45, 7) is 2.23. The lowest BCUT2D eigenvalue weighted by atomic mass is 10.3. The average Bonchev–Trinajstić information content (AvgIpc) is 2.92. The molecule has 0 aliphatic heterocycles. The number of aliphatic hydroxyl groups excluding tert-OH is 1. The van der Waals surface area contributed by atoms with Gasteiger partial charge in [-0.05, 0) is 24.0 Å². The first kappa shape index (κ1) is 18.2. The molecule has 0 aliphatic rings. The van der Waals surface area contributed by atoms with Gasteiger partial charge in [0.2, 0.25) is 0 Å². The number of benzene rings is 1. The van der Waals surface area contributed by atoms with Crippen molar-refractivity contribution in [1.29, 1.82) is 0 Å². The fraction of sp³-hybridized carbons (Fsp3) is 0.385. The van der Waals surface area contributed by atoms with Crippen molar-refractivity contribution in [2.24, 2.45) is 0 Å². The van der Waals surface area contributed by atoms with Crippen LogP contribution in [0.4, 0.5) is 0 Å². The van der Waals surface area contributed by atoms with E-state index in [0.29, 0.717) is 21.5 Å². The second-order valence-corrected chi connectivity index (χ2v) is 8.72. The molecule has 9 heteroatoms. The number of halogens is 2. The van der Waals surface area contributed by atoms with Crippen molar-refractivity contribution >= 4 is 58.1 Å². The number of rotatable bonds is 8. The molecule has 2 rings (SSSR count). The molecule has 120 valence electrons. The molecule has 0 bridgehead atoms. The van der Waals surface area contributed by atoms with Crippen LogP contribution in [0.3, 0.4) is 0 Å². The quantitative estimate of drug-likeness (QED) is 0.663. The van der Waals surface area contributed by atoms with Gasteiger partial charge < -0.3 is 9.84 Å². The third kappa shape index (κ3) is 5.79. The van der Waals surface area contributed by atoms with E-state index in [-0.39, 0.29) is 6.61 Å². The summed E-state index contributed by atoms with van der Waals surface area (Å²) in [6, 6.07) is 4.98. The van der Waals surface area contributed by atoms with Gasteiger partial charge in [0.1, 0.15) is 12.4 Å². The molecule has 0 radical (unpaired) electrons. The van der Waals surface area contributed by atoms with Crippen LogP contribution in [0, 0.1) is 0 Å². The molecule has 1 aromatic heterocycles. The number of ether oxygens (including phenoxy) is 1. The van der Waals surface area contributed by atoms with E-state index in [1.54, 1.807) is 30.0 Å². The van der Waals surface area contributed by atoms with Gasteiger partial charge in [0.25, 0.3) is 0 Å². The van der Waals surface area contributed by atoms with Crippen LogP contribution in [0.2, 0.25) is 10.0 Å². The van der Waals surface area contributed by atoms with E-state index in [1.165, 1.54) is 23.1 Å². The summed E-state index contributed by atoms with van der Waals surface area (Å²) in [5.41, 5.74) is 0. The maximum absolute atomic E-state index is 9.96. The van der Waals surface area contributed by atoms with E-state index in [2.05, 4.69) is 17.1 Å². The number of aliphatic hydroxyl groups is 1. The van der Waals surface area contributed by atoms with E-state index in [0.717, 1.165) is 14.4 Å². The van der Waals surface area contributed by atoms with Gasteiger partial charge in [-0.1, -0.05) is 65.0 Å². The Labute approximate surface area is 151 Å². The summed E-state index contributed by atoms with van der Waals surface area (Å²) < 4.78 is 7.29. The number of hydrogen-bond acceptors (Lipinski definition) is 7. The average molecular weight is 397 g/mol. The van der Waals surface area contributed by atoms with Crippen molar-refractivity contribution in [2.75, 3.05) is 18.1 Å². The summed E-state index contributed by atoms with van der Waals surface area (Å²) in [4.78, 5) is 0. The molecule has 1 aromatic carbocycles. The standard InChI is InChI=1S/C13H14Cl2N2O2S3/c1-2-20-12-16-17-13(22-12)21-7-9(18)6-19-11-4-3-8(14)5-10(11)15/h3-5,9,18H,2,6-7H2,1H3. The Kier molecular flexibility index (Phi) is 7.59. The van der Waals surface area contributed by atoms with Gasteiger partial charge >= 0.3 is 0 Å². The maximum Gasteiger partial charge on any atom is 0.175 e. The second-order valence-electron chi connectivity index (χ2n) is 4.12. The van der Waals surface area contributed by atoms with Gasteiger partial charge in [0, 0.05) is 10.8 Å². The normalized spacial score (nSPS) is 12.4. The van der Waals surface area contributed by atoms with E-state index in [4.69, 9.17) is 27.9 Å². The van der Waals surface area contributed by atoms with E-state index in [1.807, 2.05) is 0 Å². The van der Waals surface area contributed by atoms with Crippen molar-refractivity contribution in [2.45, 2.75) is 21.7 Å². The Bertz CT molecular complexity index is 613. The Balaban J connectivity index is 1.76. The minimum Gasteiger partial charge on any atom is -0.489 e. The van der Waals surface area contributed by atoms with Gasteiger partial charge in [0.05, 0.1) is 11.1 Å². The number of aromatic nitrogens is 2. The van der Waals surface area contributed by atoms with Crippen LogP contribution in [0.25, 0.3) is 0 Å². The first-order chi connectivity index (χ1) is 10.6. The summed E-state index contributed by atoms with van der Waals surface area (Å²) in [5, 5.41) is 19.1. The van der Waals surface area contributed by atoms with Crippen molar-refractivity contribution in [3.8, 4) is 5.75 Å². The van der Waals surface area contributed by atoms with Crippen LogP contribution in [-0.4, -0.2) is 39.5 Å². The number of thioether (sulfide) groups is 2. The van der Waals surface area contributed by atoms with Crippen LogP contribution >= 0.6 is 58.1 Å². The Morgan fingerprint density at radius 1 is 1.27 bits per heavy atom. The molecule has 22 heavy (non-hydrogen) atoms. The Morgan fingerprint density at radius 2 is 2.00 bits per heavy atom. The lowest BCUT2D eigenvalue weighted by Crippen LogP contribution is -2.20. The molecule has 0 saturated heterocycles. The van der Waals surface area contributed by atoms with Crippen LogP contribution < -0.4 is 4.74 Å². The lowest BCUT2D eigenvalue weighted by Gasteiger charge is -2.12. The first-order valence-corrected chi connectivity index (χ1v) is 9.98. The Morgan fingerprint density at radius 3 is 2.68 bits per heavy atom. The van der Waals surface area contributed by atoms with Crippen molar-refractivity contribution in [1.82, 2.24) is 10.2 Å². The van der Waals surface area contributed by atoms with Crippen molar-refractivity contribution in [3.05, 3.63) is 28.2 Å².